The molecule has 0 radical (unpaired) electrons. The maximum atomic E-state index is 11.9. The van der Waals surface area contributed by atoms with Crippen molar-refractivity contribution in [2.24, 2.45) is 5.41 Å². The van der Waals surface area contributed by atoms with Gasteiger partial charge in [-0.3, -0.25) is 4.79 Å². The summed E-state index contributed by atoms with van der Waals surface area (Å²) in [5.74, 6) is -0.140. The molecule has 0 saturated carbocycles. The molecular weight excluding hydrogens is 260 g/mol. The standard InChI is InChI=1S/C15H24O2.2C2H6/c1-6-9-13(10-7-2)12-17-14(16)15(4,5)11-8-3;2*1-2/h6-7,9-10H,1,8,11-12H2,2-5H3;2*1-2H3/b10-7-,13-9+;;. The molecule has 0 aromatic heterocycles. The number of ether oxygens (including phenoxy) is 1. The molecule has 0 aliphatic heterocycles. The lowest BCUT2D eigenvalue weighted by Crippen LogP contribution is -2.27. The zero-order valence-electron chi connectivity index (χ0n) is 15.5. The molecule has 0 aromatic rings. The van der Waals surface area contributed by atoms with E-state index in [0.29, 0.717) is 6.61 Å². The Morgan fingerprint density at radius 1 is 1.19 bits per heavy atom. The summed E-state index contributed by atoms with van der Waals surface area (Å²) in [6, 6.07) is 0. The second-order valence-corrected chi connectivity index (χ2v) is 4.69. The van der Waals surface area contributed by atoms with Gasteiger partial charge in [0.05, 0.1) is 5.41 Å². The maximum absolute atomic E-state index is 11.9. The van der Waals surface area contributed by atoms with Gasteiger partial charge < -0.3 is 4.74 Å². The third-order valence-corrected chi connectivity index (χ3v) is 2.51. The van der Waals surface area contributed by atoms with Crippen molar-refractivity contribution in [2.45, 2.75) is 68.2 Å². The van der Waals surface area contributed by atoms with Gasteiger partial charge in [0.2, 0.25) is 0 Å². The van der Waals surface area contributed by atoms with Crippen molar-refractivity contribution in [1.82, 2.24) is 0 Å². The fourth-order valence-corrected chi connectivity index (χ4v) is 1.59. The first-order chi connectivity index (χ1) is 9.97. The van der Waals surface area contributed by atoms with E-state index >= 15 is 0 Å². The van der Waals surface area contributed by atoms with Crippen molar-refractivity contribution in [3.8, 4) is 0 Å². The van der Waals surface area contributed by atoms with Crippen molar-refractivity contribution in [2.75, 3.05) is 6.61 Å². The van der Waals surface area contributed by atoms with Crippen molar-refractivity contribution < 1.29 is 9.53 Å². The number of carbonyl (C=O) groups is 1. The number of allylic oxidation sites excluding steroid dienone is 3. The fourth-order valence-electron chi connectivity index (χ4n) is 1.59. The first-order valence-electron chi connectivity index (χ1n) is 8.09. The van der Waals surface area contributed by atoms with E-state index < -0.39 is 5.41 Å². The normalized spacial score (nSPS) is 11.0. The van der Waals surface area contributed by atoms with Crippen LogP contribution in [0.2, 0.25) is 0 Å². The zero-order valence-corrected chi connectivity index (χ0v) is 15.5. The molecule has 0 rings (SSSR count). The molecule has 0 fully saturated rings. The SMILES string of the molecule is C=C/C=C(\C=C/C)COC(=O)C(C)(C)CCC.CC.CC. The third kappa shape index (κ3) is 13.4. The molecule has 2 nitrogen and oxygen atoms in total. The Bertz CT molecular complexity index is 310. The molecule has 0 aliphatic carbocycles. The average molecular weight is 296 g/mol. The molecule has 0 atom stereocenters. The number of rotatable bonds is 7. The second kappa shape index (κ2) is 16.7. The van der Waals surface area contributed by atoms with E-state index in [1.807, 2.05) is 66.7 Å². The molecule has 21 heavy (non-hydrogen) atoms. The van der Waals surface area contributed by atoms with Crippen LogP contribution < -0.4 is 0 Å². The molecule has 0 saturated heterocycles. The minimum Gasteiger partial charge on any atom is -0.460 e. The van der Waals surface area contributed by atoms with Gasteiger partial charge in [-0.25, -0.2) is 0 Å². The van der Waals surface area contributed by atoms with E-state index in [1.165, 1.54) is 0 Å². The highest BCUT2D eigenvalue weighted by Crippen LogP contribution is 2.24. The van der Waals surface area contributed by atoms with Gasteiger partial charge >= 0.3 is 5.97 Å². The minimum absolute atomic E-state index is 0.140. The molecule has 0 bridgehead atoms. The summed E-state index contributed by atoms with van der Waals surface area (Å²) in [5.41, 5.74) is 0.549. The van der Waals surface area contributed by atoms with Gasteiger partial charge in [-0.1, -0.05) is 71.9 Å². The number of hydrogen-bond acceptors (Lipinski definition) is 2. The van der Waals surface area contributed by atoms with Gasteiger partial charge in [0.25, 0.3) is 0 Å². The zero-order chi connectivity index (χ0) is 17.3. The van der Waals surface area contributed by atoms with Gasteiger partial charge in [-0.15, -0.1) is 0 Å². The lowest BCUT2D eigenvalue weighted by Gasteiger charge is -2.21. The molecule has 2 heteroatoms. The highest BCUT2D eigenvalue weighted by molar-refractivity contribution is 5.76. The Morgan fingerprint density at radius 2 is 1.71 bits per heavy atom. The Hall–Kier alpha value is -1.31. The monoisotopic (exact) mass is 296 g/mol. The van der Waals surface area contributed by atoms with Crippen molar-refractivity contribution in [3.63, 3.8) is 0 Å². The fraction of sp³-hybridized carbons (Fsp3) is 0.632. The number of hydrogen-bond donors (Lipinski definition) is 0. The molecule has 0 amide bonds. The molecule has 0 aromatic carbocycles. The quantitative estimate of drug-likeness (QED) is 0.419. The molecule has 124 valence electrons. The van der Waals surface area contributed by atoms with Crippen LogP contribution in [0.15, 0.2) is 36.5 Å². The summed E-state index contributed by atoms with van der Waals surface area (Å²) in [4.78, 5) is 11.9. The van der Waals surface area contributed by atoms with Crippen LogP contribution in [0.1, 0.15) is 68.2 Å². The summed E-state index contributed by atoms with van der Waals surface area (Å²) in [7, 11) is 0. The van der Waals surface area contributed by atoms with Gasteiger partial charge in [-0.2, -0.15) is 0 Å². The highest BCUT2D eigenvalue weighted by atomic mass is 16.5. The first-order valence-corrected chi connectivity index (χ1v) is 8.09. The number of esters is 1. The summed E-state index contributed by atoms with van der Waals surface area (Å²) < 4.78 is 5.32. The molecular formula is C19H36O2. The first kappa shape index (κ1) is 24.7. The van der Waals surface area contributed by atoms with E-state index in [9.17, 15) is 4.79 Å². The average Bonchev–Trinajstić information content (AvgIpc) is 2.49. The molecule has 0 aliphatic rings. The molecule has 0 unspecified atom stereocenters. The van der Waals surface area contributed by atoms with Crippen LogP contribution in [0.3, 0.4) is 0 Å². The van der Waals surface area contributed by atoms with Crippen LogP contribution in [0.4, 0.5) is 0 Å². The highest BCUT2D eigenvalue weighted by Gasteiger charge is 2.28. The van der Waals surface area contributed by atoms with Gasteiger partial charge in [0.1, 0.15) is 6.61 Å². The molecule has 0 heterocycles. The summed E-state index contributed by atoms with van der Waals surface area (Å²) in [5, 5.41) is 0. The van der Waals surface area contributed by atoms with Crippen LogP contribution >= 0.6 is 0 Å². The molecule has 0 N–H and O–H groups in total. The van der Waals surface area contributed by atoms with Gasteiger partial charge in [-0.05, 0) is 32.8 Å². The summed E-state index contributed by atoms with van der Waals surface area (Å²) >= 11 is 0. The third-order valence-electron chi connectivity index (χ3n) is 2.51. The predicted molar refractivity (Wildman–Crippen MR) is 95.4 cm³/mol. The van der Waals surface area contributed by atoms with Crippen LogP contribution in [-0.2, 0) is 9.53 Å². The van der Waals surface area contributed by atoms with Crippen LogP contribution in [0.5, 0.6) is 0 Å². The predicted octanol–water partition coefficient (Wildman–Crippen LogP) is 6.10. The largest absolute Gasteiger partial charge is 0.460 e. The van der Waals surface area contributed by atoms with Crippen molar-refractivity contribution in [1.29, 1.82) is 0 Å². The van der Waals surface area contributed by atoms with Crippen LogP contribution in [-0.4, -0.2) is 12.6 Å². The maximum Gasteiger partial charge on any atom is 0.311 e. The molecule has 0 spiro atoms. The lowest BCUT2D eigenvalue weighted by atomic mass is 9.88. The van der Waals surface area contributed by atoms with Crippen LogP contribution in [0, 0.1) is 5.41 Å². The summed E-state index contributed by atoms with van der Waals surface area (Å²) in [6.07, 6.45) is 9.20. The minimum atomic E-state index is -0.399. The van der Waals surface area contributed by atoms with Gasteiger partial charge in [0, 0.05) is 0 Å². The smallest absolute Gasteiger partial charge is 0.311 e. The van der Waals surface area contributed by atoms with E-state index in [0.717, 1.165) is 18.4 Å². The second-order valence-electron chi connectivity index (χ2n) is 4.69. The Kier molecular flexibility index (Phi) is 19.7. The lowest BCUT2D eigenvalue weighted by molar-refractivity contribution is -0.153. The van der Waals surface area contributed by atoms with Crippen molar-refractivity contribution >= 4 is 5.97 Å². The Labute approximate surface area is 133 Å². The number of carbonyl (C=O) groups excluding carboxylic acids is 1. The van der Waals surface area contributed by atoms with E-state index in [1.54, 1.807) is 6.08 Å². The Balaban J connectivity index is -0.000000739. The summed E-state index contributed by atoms with van der Waals surface area (Å²) in [6.45, 7) is 19.8. The van der Waals surface area contributed by atoms with Crippen LogP contribution in [0.25, 0.3) is 0 Å². The Morgan fingerprint density at radius 3 is 2.10 bits per heavy atom. The van der Waals surface area contributed by atoms with Crippen molar-refractivity contribution in [3.05, 3.63) is 36.5 Å². The topological polar surface area (TPSA) is 26.3 Å². The van der Waals surface area contributed by atoms with Gasteiger partial charge in [0.15, 0.2) is 0 Å². The van der Waals surface area contributed by atoms with E-state index in [4.69, 9.17) is 4.74 Å². The van der Waals surface area contributed by atoms with E-state index in [2.05, 4.69) is 13.5 Å². The van der Waals surface area contributed by atoms with E-state index in [-0.39, 0.29) is 5.97 Å².